The van der Waals surface area contributed by atoms with Crippen LogP contribution in [0.4, 0.5) is 0 Å². The number of guanidine groups is 1. The number of hydrogen-bond acceptors (Lipinski definition) is 3. The van der Waals surface area contributed by atoms with Gasteiger partial charge in [-0.15, -0.1) is 24.0 Å². The predicted molar refractivity (Wildman–Crippen MR) is 120 cm³/mol. The van der Waals surface area contributed by atoms with Crippen molar-refractivity contribution in [2.24, 2.45) is 10.9 Å². The number of aliphatic imine (C=N–C) groups is 1. The maximum absolute atomic E-state index is 5.94. The molecule has 2 heterocycles. The molecule has 27 heavy (non-hydrogen) atoms. The van der Waals surface area contributed by atoms with E-state index in [2.05, 4.69) is 29.3 Å². The van der Waals surface area contributed by atoms with Crippen LogP contribution in [0.25, 0.3) is 5.69 Å². The molecule has 1 unspecified atom stereocenters. The first-order valence-electron chi connectivity index (χ1n) is 9.02. The van der Waals surface area contributed by atoms with E-state index in [0.29, 0.717) is 12.5 Å². The zero-order valence-corrected chi connectivity index (χ0v) is 18.9. The Labute approximate surface area is 183 Å². The second-order valence-electron chi connectivity index (χ2n) is 6.55. The molecule has 0 spiro atoms. The molecule has 0 bridgehead atoms. The minimum Gasteiger partial charge on any atom is -0.381 e. The first kappa shape index (κ1) is 22.0. The van der Waals surface area contributed by atoms with Crippen LogP contribution < -0.4 is 5.32 Å². The first-order valence-corrected chi connectivity index (χ1v) is 9.40. The monoisotopic (exact) mass is 503 g/mol. The molecule has 0 saturated carbocycles. The van der Waals surface area contributed by atoms with Crippen molar-refractivity contribution in [2.45, 2.75) is 19.9 Å². The number of rotatable bonds is 6. The van der Waals surface area contributed by atoms with Gasteiger partial charge in [-0.25, -0.2) is 9.67 Å². The van der Waals surface area contributed by atoms with Crippen LogP contribution in [0.2, 0.25) is 5.02 Å². The Morgan fingerprint density at radius 2 is 2.19 bits per heavy atom. The molecule has 1 atom stereocenters. The standard InChI is InChI=1S/C19H26ClN5O.HI/c1-3-21-19(24(2)12-15-8-9-26-14-15)22-10-16-11-23-25(13-16)18-6-4-17(20)5-7-18;/h4-7,11,13,15H,3,8-10,12,14H2,1-2H3,(H,21,22);1H. The smallest absolute Gasteiger partial charge is 0.193 e. The van der Waals surface area contributed by atoms with E-state index in [-0.39, 0.29) is 24.0 Å². The number of hydrogen-bond donors (Lipinski definition) is 1. The Balaban J connectivity index is 0.00000261. The highest BCUT2D eigenvalue weighted by Crippen LogP contribution is 2.15. The molecule has 2 aromatic rings. The van der Waals surface area contributed by atoms with Gasteiger partial charge in [0.25, 0.3) is 0 Å². The van der Waals surface area contributed by atoms with Gasteiger partial charge in [-0.05, 0) is 37.6 Å². The highest BCUT2D eigenvalue weighted by Gasteiger charge is 2.19. The topological polar surface area (TPSA) is 54.7 Å². The Kier molecular flexibility index (Phi) is 8.85. The lowest BCUT2D eigenvalue weighted by atomic mass is 10.1. The van der Waals surface area contributed by atoms with Crippen LogP contribution in [-0.2, 0) is 11.3 Å². The summed E-state index contributed by atoms with van der Waals surface area (Å²) in [6.07, 6.45) is 4.98. The summed E-state index contributed by atoms with van der Waals surface area (Å²) in [6, 6.07) is 7.62. The van der Waals surface area contributed by atoms with E-state index in [0.717, 1.165) is 55.0 Å². The van der Waals surface area contributed by atoms with Gasteiger partial charge in [0.15, 0.2) is 5.96 Å². The van der Waals surface area contributed by atoms with Crippen LogP contribution in [0.1, 0.15) is 18.9 Å². The van der Waals surface area contributed by atoms with Gasteiger partial charge in [0, 0.05) is 49.4 Å². The number of nitrogens with zero attached hydrogens (tertiary/aromatic N) is 4. The molecule has 3 rings (SSSR count). The summed E-state index contributed by atoms with van der Waals surface area (Å²) in [7, 11) is 2.08. The fourth-order valence-corrected chi connectivity index (χ4v) is 3.14. The lowest BCUT2D eigenvalue weighted by molar-refractivity contribution is 0.181. The van der Waals surface area contributed by atoms with E-state index in [1.165, 1.54) is 0 Å². The van der Waals surface area contributed by atoms with Gasteiger partial charge in [-0.3, -0.25) is 0 Å². The van der Waals surface area contributed by atoms with Crippen molar-refractivity contribution in [1.82, 2.24) is 20.0 Å². The second kappa shape index (κ2) is 10.9. The van der Waals surface area contributed by atoms with Gasteiger partial charge in [-0.2, -0.15) is 5.10 Å². The molecule has 0 aliphatic carbocycles. The van der Waals surface area contributed by atoms with Crippen molar-refractivity contribution >= 4 is 41.5 Å². The van der Waals surface area contributed by atoms with Crippen LogP contribution in [0.5, 0.6) is 0 Å². The first-order chi connectivity index (χ1) is 12.7. The highest BCUT2D eigenvalue weighted by molar-refractivity contribution is 14.0. The molecule has 1 aliphatic heterocycles. The van der Waals surface area contributed by atoms with E-state index in [4.69, 9.17) is 21.3 Å². The van der Waals surface area contributed by atoms with Gasteiger partial charge in [0.2, 0.25) is 0 Å². The van der Waals surface area contributed by atoms with Crippen molar-refractivity contribution in [3.05, 3.63) is 47.2 Å². The van der Waals surface area contributed by atoms with Gasteiger partial charge in [0.1, 0.15) is 0 Å². The van der Waals surface area contributed by atoms with Crippen molar-refractivity contribution in [2.75, 3.05) is 33.4 Å². The summed E-state index contributed by atoms with van der Waals surface area (Å²) < 4.78 is 7.31. The Bertz CT molecular complexity index is 728. The SMILES string of the molecule is CCNC(=NCc1cnn(-c2ccc(Cl)cc2)c1)N(C)CC1CCOC1.I. The largest absolute Gasteiger partial charge is 0.381 e. The summed E-state index contributed by atoms with van der Waals surface area (Å²) >= 11 is 5.94. The van der Waals surface area contributed by atoms with Gasteiger partial charge in [-0.1, -0.05) is 11.6 Å². The van der Waals surface area contributed by atoms with Crippen LogP contribution in [-0.4, -0.2) is 54.0 Å². The molecule has 1 fully saturated rings. The Morgan fingerprint density at radius 1 is 1.41 bits per heavy atom. The highest BCUT2D eigenvalue weighted by atomic mass is 127. The molecule has 0 radical (unpaired) electrons. The fourth-order valence-electron chi connectivity index (χ4n) is 3.01. The zero-order valence-electron chi connectivity index (χ0n) is 15.8. The Hall–Kier alpha value is -1.32. The van der Waals surface area contributed by atoms with Gasteiger partial charge >= 0.3 is 0 Å². The normalized spacial score (nSPS) is 16.9. The molecule has 1 N–H and O–H groups in total. The summed E-state index contributed by atoms with van der Waals surface area (Å²) in [6.45, 7) is 6.18. The van der Waals surface area contributed by atoms with Crippen LogP contribution in [0, 0.1) is 5.92 Å². The third-order valence-electron chi connectivity index (χ3n) is 4.39. The maximum Gasteiger partial charge on any atom is 0.193 e. The second-order valence-corrected chi connectivity index (χ2v) is 6.99. The molecule has 6 nitrogen and oxygen atoms in total. The molecule has 1 aliphatic rings. The molecule has 0 amide bonds. The van der Waals surface area contributed by atoms with Gasteiger partial charge < -0.3 is 15.0 Å². The quantitative estimate of drug-likeness (QED) is 0.372. The molecule has 1 aromatic carbocycles. The van der Waals surface area contributed by atoms with Crippen molar-refractivity contribution in [3.8, 4) is 5.69 Å². The summed E-state index contributed by atoms with van der Waals surface area (Å²) in [5.74, 6) is 1.50. The average molecular weight is 504 g/mol. The van der Waals surface area contributed by atoms with Crippen LogP contribution >= 0.6 is 35.6 Å². The fraction of sp³-hybridized carbons (Fsp3) is 0.474. The Morgan fingerprint density at radius 3 is 2.85 bits per heavy atom. The van der Waals surface area contributed by atoms with Crippen molar-refractivity contribution in [3.63, 3.8) is 0 Å². The number of aromatic nitrogens is 2. The van der Waals surface area contributed by atoms with E-state index >= 15 is 0 Å². The number of nitrogens with one attached hydrogen (secondary N) is 1. The zero-order chi connectivity index (χ0) is 18.4. The maximum atomic E-state index is 5.94. The van der Waals surface area contributed by atoms with Gasteiger partial charge in [0.05, 0.1) is 25.0 Å². The minimum atomic E-state index is 0. The van der Waals surface area contributed by atoms with Crippen LogP contribution in [0.15, 0.2) is 41.7 Å². The molecule has 1 aromatic heterocycles. The number of ether oxygens (including phenoxy) is 1. The number of benzene rings is 1. The number of halogens is 2. The third kappa shape index (κ3) is 6.36. The summed E-state index contributed by atoms with van der Waals surface area (Å²) in [5, 5.41) is 8.51. The van der Waals surface area contributed by atoms with E-state index < -0.39 is 0 Å². The third-order valence-corrected chi connectivity index (χ3v) is 4.64. The minimum absolute atomic E-state index is 0. The molecular formula is C19H27ClIN5O. The van der Waals surface area contributed by atoms with E-state index in [1.54, 1.807) is 0 Å². The molecular weight excluding hydrogens is 477 g/mol. The van der Waals surface area contributed by atoms with Crippen molar-refractivity contribution < 1.29 is 4.74 Å². The molecule has 148 valence electrons. The lowest BCUT2D eigenvalue weighted by Crippen LogP contribution is -2.41. The van der Waals surface area contributed by atoms with Crippen molar-refractivity contribution in [1.29, 1.82) is 0 Å². The van der Waals surface area contributed by atoms with E-state index in [1.807, 2.05) is 41.3 Å². The van der Waals surface area contributed by atoms with E-state index in [9.17, 15) is 0 Å². The summed E-state index contributed by atoms with van der Waals surface area (Å²) in [5.41, 5.74) is 2.04. The predicted octanol–water partition coefficient (Wildman–Crippen LogP) is 3.58. The lowest BCUT2D eigenvalue weighted by Gasteiger charge is -2.24. The van der Waals surface area contributed by atoms with Crippen LogP contribution in [0.3, 0.4) is 0 Å². The molecule has 8 heteroatoms. The molecule has 1 saturated heterocycles. The summed E-state index contributed by atoms with van der Waals surface area (Å²) in [4.78, 5) is 6.95. The average Bonchev–Trinajstić information content (AvgIpc) is 3.31.